The van der Waals surface area contributed by atoms with Gasteiger partial charge in [0.1, 0.15) is 5.42 Å². The smallest absolute Gasteiger partial charge is 0.340 e. The predicted octanol–water partition coefficient (Wildman–Crippen LogP) is 4.20. The number of rotatable bonds is 3. The molecule has 0 aliphatic heterocycles. The Morgan fingerprint density at radius 1 is 1.29 bits per heavy atom. The first kappa shape index (κ1) is 19.8. The van der Waals surface area contributed by atoms with Crippen LogP contribution in [0.1, 0.15) is 33.3 Å². The maximum absolute atomic E-state index is 12.3. The molecule has 0 bridgehead atoms. The Morgan fingerprint density at radius 3 is 2.46 bits per heavy atom. The van der Waals surface area contributed by atoms with E-state index in [4.69, 9.17) is 16.0 Å². The summed E-state index contributed by atoms with van der Waals surface area (Å²) in [6.07, 6.45) is 3.65. The van der Waals surface area contributed by atoms with E-state index in [0.717, 1.165) is 10.8 Å². The van der Waals surface area contributed by atoms with Gasteiger partial charge in [0, 0.05) is 22.2 Å². The Bertz CT molecular complexity index is 892. The van der Waals surface area contributed by atoms with Crippen LogP contribution in [-0.2, 0) is 6.42 Å². The molecule has 1 N–H and O–H groups in total. The zero-order chi connectivity index (χ0) is 18.3. The topological polar surface area (TPSA) is 50.4 Å². The minimum atomic E-state index is -0.483. The second kappa shape index (κ2) is 9.14. The number of hydrogen-bond acceptors (Lipinski definition) is 3. The molecule has 2 aromatic rings. The van der Waals surface area contributed by atoms with Crippen molar-refractivity contribution in [3.8, 4) is 11.1 Å². The molecule has 0 aliphatic rings. The van der Waals surface area contributed by atoms with Crippen LogP contribution in [0.15, 0.2) is 45.8 Å². The molecule has 0 fully saturated rings. The molecule has 1 heterocycles. The molecule has 2 rings (SSSR count). The van der Waals surface area contributed by atoms with Crippen molar-refractivity contribution < 1.29 is 9.52 Å². The summed E-state index contributed by atoms with van der Waals surface area (Å²) in [7, 11) is 0. The summed E-state index contributed by atoms with van der Waals surface area (Å²) in [4.78, 5) is 12.3. The van der Waals surface area contributed by atoms with Gasteiger partial charge in [0.2, 0.25) is 0 Å². The van der Waals surface area contributed by atoms with Crippen LogP contribution in [0.2, 0.25) is 5.02 Å². The second-order valence-electron chi connectivity index (χ2n) is 4.85. The van der Waals surface area contributed by atoms with Crippen molar-refractivity contribution in [1.29, 1.82) is 0 Å². The van der Waals surface area contributed by atoms with Gasteiger partial charge in [-0.1, -0.05) is 50.2 Å². The third-order valence-corrected chi connectivity index (χ3v) is 3.57. The minimum Gasteiger partial charge on any atom is -0.513 e. The third kappa shape index (κ3) is 4.39. The van der Waals surface area contributed by atoms with Gasteiger partial charge in [-0.15, -0.1) is 0 Å². The summed E-state index contributed by atoms with van der Waals surface area (Å²) in [5.74, 6) is -0.0918. The number of hydrogen-bond donors (Lipinski definition) is 1. The van der Waals surface area contributed by atoms with Gasteiger partial charge in [-0.05, 0) is 37.6 Å². The summed E-state index contributed by atoms with van der Waals surface area (Å²) in [5.41, 5.74) is 1.89. The molecule has 0 saturated carbocycles. The molecule has 0 amide bonds. The largest absolute Gasteiger partial charge is 0.513 e. The van der Waals surface area contributed by atoms with E-state index < -0.39 is 5.63 Å². The maximum atomic E-state index is 12.3. The van der Waals surface area contributed by atoms with E-state index in [9.17, 15) is 9.90 Å². The molecule has 24 heavy (non-hydrogen) atoms. The van der Waals surface area contributed by atoms with E-state index >= 15 is 0 Å². The standard InChI is InChI=1S/C18H17ClO3.C2H6/c1-4-14-16(5-2)22-18(21)15(9-11(3)20)17(14)12-7-6-8-13(19)10-12;1-2/h4-8,10,20H,3,9H2,1-2H3;1-2H3/b14-4+,16-5+;. The highest BCUT2D eigenvalue weighted by atomic mass is 35.5. The van der Waals surface area contributed by atoms with E-state index in [1.165, 1.54) is 0 Å². The fourth-order valence-electron chi connectivity index (χ4n) is 2.44. The van der Waals surface area contributed by atoms with Crippen molar-refractivity contribution in [2.75, 3.05) is 0 Å². The zero-order valence-corrected chi connectivity index (χ0v) is 15.3. The number of benzene rings is 1. The van der Waals surface area contributed by atoms with Crippen molar-refractivity contribution in [2.45, 2.75) is 34.1 Å². The number of aliphatic hydroxyl groups excluding tert-OH is 1. The molecule has 3 nitrogen and oxygen atoms in total. The predicted molar refractivity (Wildman–Crippen MR) is 102 cm³/mol. The first-order valence-electron chi connectivity index (χ1n) is 7.89. The quantitative estimate of drug-likeness (QED) is 0.847. The van der Waals surface area contributed by atoms with Gasteiger partial charge < -0.3 is 9.52 Å². The molecule has 0 atom stereocenters. The first-order chi connectivity index (χ1) is 11.5. The van der Waals surface area contributed by atoms with E-state index in [0.29, 0.717) is 21.6 Å². The van der Waals surface area contributed by atoms with Gasteiger partial charge >= 0.3 is 5.63 Å². The molecule has 4 heteroatoms. The average Bonchev–Trinajstić information content (AvgIpc) is 2.57. The van der Waals surface area contributed by atoms with Crippen LogP contribution in [0.25, 0.3) is 23.3 Å². The van der Waals surface area contributed by atoms with E-state index in [1.807, 2.05) is 39.0 Å². The lowest BCUT2D eigenvalue weighted by Crippen LogP contribution is -2.33. The lowest BCUT2D eigenvalue weighted by molar-refractivity contribution is 0.395. The van der Waals surface area contributed by atoms with Crippen molar-refractivity contribution in [3.63, 3.8) is 0 Å². The minimum absolute atomic E-state index is 0.0367. The highest BCUT2D eigenvalue weighted by Gasteiger charge is 2.15. The number of aliphatic hydroxyl groups is 1. The van der Waals surface area contributed by atoms with Crippen LogP contribution >= 0.6 is 11.6 Å². The third-order valence-electron chi connectivity index (χ3n) is 3.33. The Morgan fingerprint density at radius 2 is 1.96 bits per heavy atom. The van der Waals surface area contributed by atoms with Gasteiger partial charge in [-0.2, -0.15) is 0 Å². The van der Waals surface area contributed by atoms with Crippen LogP contribution in [0.4, 0.5) is 0 Å². The SMILES string of the molecule is C=C(O)Cc1c(-c2cccc(Cl)c2)c(=C/C)/c(=C\C)oc1=O.CC. The molecule has 0 unspecified atom stereocenters. The maximum Gasteiger partial charge on any atom is 0.340 e. The molecule has 0 spiro atoms. The first-order valence-corrected chi connectivity index (χ1v) is 8.27. The monoisotopic (exact) mass is 346 g/mol. The average molecular weight is 347 g/mol. The summed E-state index contributed by atoms with van der Waals surface area (Å²) in [6, 6.07) is 7.24. The molecule has 0 aliphatic carbocycles. The van der Waals surface area contributed by atoms with Gasteiger partial charge in [-0.25, -0.2) is 4.79 Å². The summed E-state index contributed by atoms with van der Waals surface area (Å²) >= 11 is 6.08. The lowest BCUT2D eigenvalue weighted by Gasteiger charge is -2.10. The highest BCUT2D eigenvalue weighted by molar-refractivity contribution is 6.30. The van der Waals surface area contributed by atoms with Crippen molar-refractivity contribution in [1.82, 2.24) is 0 Å². The van der Waals surface area contributed by atoms with Gasteiger partial charge in [-0.3, -0.25) is 0 Å². The van der Waals surface area contributed by atoms with Crippen molar-refractivity contribution >= 4 is 23.8 Å². The van der Waals surface area contributed by atoms with Crippen LogP contribution < -0.4 is 16.3 Å². The Balaban J connectivity index is 0.00000139. The summed E-state index contributed by atoms with van der Waals surface area (Å²) in [6.45, 7) is 11.1. The van der Waals surface area contributed by atoms with Crippen LogP contribution in [0.3, 0.4) is 0 Å². The van der Waals surface area contributed by atoms with Gasteiger partial charge in [0.15, 0.2) is 0 Å². The summed E-state index contributed by atoms with van der Waals surface area (Å²) in [5, 5.41) is 10.9. The molecular formula is C20H23ClO3. The normalized spacial score (nSPS) is 11.9. The number of halogens is 1. The van der Waals surface area contributed by atoms with Crippen molar-refractivity contribution in [2.24, 2.45) is 0 Å². The van der Waals surface area contributed by atoms with E-state index in [-0.39, 0.29) is 12.2 Å². The highest BCUT2D eigenvalue weighted by Crippen LogP contribution is 2.22. The Labute approximate surface area is 147 Å². The molecule has 1 aromatic carbocycles. The van der Waals surface area contributed by atoms with Crippen molar-refractivity contribution in [3.05, 3.63) is 68.2 Å². The zero-order valence-electron chi connectivity index (χ0n) is 14.5. The Hall–Kier alpha value is -2.26. The number of allylic oxidation sites excluding steroid dienone is 1. The molecule has 0 saturated heterocycles. The molecule has 1 aromatic heterocycles. The van der Waals surface area contributed by atoms with E-state index in [1.54, 1.807) is 25.1 Å². The second-order valence-corrected chi connectivity index (χ2v) is 5.29. The fourth-order valence-corrected chi connectivity index (χ4v) is 2.63. The molecule has 128 valence electrons. The summed E-state index contributed by atoms with van der Waals surface area (Å²) < 4.78 is 5.35. The lowest BCUT2D eigenvalue weighted by atomic mass is 9.97. The van der Waals surface area contributed by atoms with Crippen LogP contribution in [0.5, 0.6) is 0 Å². The molecular weight excluding hydrogens is 324 g/mol. The van der Waals surface area contributed by atoms with E-state index in [2.05, 4.69) is 6.58 Å². The van der Waals surface area contributed by atoms with Crippen LogP contribution in [0, 0.1) is 0 Å². The fraction of sp³-hybridized carbons (Fsp3) is 0.250. The Kier molecular flexibility index (Phi) is 7.53. The molecule has 0 radical (unpaired) electrons. The van der Waals surface area contributed by atoms with Gasteiger partial charge in [0.25, 0.3) is 0 Å². The van der Waals surface area contributed by atoms with Crippen LogP contribution in [-0.4, -0.2) is 5.11 Å². The van der Waals surface area contributed by atoms with Gasteiger partial charge in [0.05, 0.1) is 11.3 Å².